The summed E-state index contributed by atoms with van der Waals surface area (Å²) < 4.78 is 0. The molecule has 0 unspecified atom stereocenters. The Morgan fingerprint density at radius 3 is 2.00 bits per heavy atom. The van der Waals surface area contributed by atoms with E-state index in [4.69, 9.17) is 0 Å². The molecular formula is C14H16N6. The normalized spacial score (nSPS) is 25.0. The van der Waals surface area contributed by atoms with Crippen LogP contribution in [0.1, 0.15) is 12.8 Å². The number of hydrogen-bond acceptors (Lipinski definition) is 6. The Bertz CT molecular complexity index is 589. The first kappa shape index (κ1) is 11.6. The fourth-order valence-electron chi connectivity index (χ4n) is 3.19. The van der Waals surface area contributed by atoms with E-state index in [1.54, 1.807) is 24.8 Å². The molecule has 4 heterocycles. The van der Waals surface area contributed by atoms with Crippen molar-refractivity contribution in [3.63, 3.8) is 0 Å². The first-order valence-electron chi connectivity index (χ1n) is 6.94. The van der Waals surface area contributed by atoms with Gasteiger partial charge in [-0.2, -0.15) is 0 Å². The number of hydrogen-bond donors (Lipinski definition) is 0. The van der Waals surface area contributed by atoms with Crippen molar-refractivity contribution in [3.05, 3.63) is 36.9 Å². The summed E-state index contributed by atoms with van der Waals surface area (Å²) in [5.74, 6) is 1.67. The third-order valence-electron chi connectivity index (χ3n) is 4.33. The molecule has 2 aromatic heterocycles. The van der Waals surface area contributed by atoms with Crippen LogP contribution in [0.25, 0.3) is 0 Å². The van der Waals surface area contributed by atoms with Crippen LogP contribution in [0.4, 0.5) is 11.9 Å². The highest BCUT2D eigenvalue weighted by Crippen LogP contribution is 2.41. The van der Waals surface area contributed by atoms with Crippen LogP contribution in [0.15, 0.2) is 36.9 Å². The lowest BCUT2D eigenvalue weighted by molar-refractivity contribution is 0.297. The molecular weight excluding hydrogens is 252 g/mol. The Kier molecular flexibility index (Phi) is 2.55. The van der Waals surface area contributed by atoms with E-state index >= 15 is 0 Å². The summed E-state index contributed by atoms with van der Waals surface area (Å²) in [4.78, 5) is 22.0. The number of rotatable bonds is 2. The van der Waals surface area contributed by atoms with Crippen molar-refractivity contribution in [2.24, 2.45) is 0 Å². The Morgan fingerprint density at radius 1 is 0.800 bits per heavy atom. The fraction of sp³-hybridized carbons (Fsp3) is 0.429. The molecule has 0 saturated carbocycles. The SMILES string of the molecule is c1cnc(N2CC[C@@]3(CCN3c3ncccn3)C2)nc1. The lowest BCUT2D eigenvalue weighted by Gasteiger charge is -2.50. The Balaban J connectivity index is 1.56. The minimum absolute atomic E-state index is 0.167. The molecule has 102 valence electrons. The predicted octanol–water partition coefficient (Wildman–Crippen LogP) is 1.13. The van der Waals surface area contributed by atoms with Crippen LogP contribution in [-0.2, 0) is 0 Å². The molecule has 0 amide bonds. The maximum absolute atomic E-state index is 4.38. The second-order valence-electron chi connectivity index (χ2n) is 5.40. The molecule has 1 spiro atoms. The Morgan fingerprint density at radius 2 is 1.40 bits per heavy atom. The summed E-state index contributed by atoms with van der Waals surface area (Å²) in [6.45, 7) is 2.98. The van der Waals surface area contributed by atoms with Gasteiger partial charge in [0.2, 0.25) is 11.9 Å². The van der Waals surface area contributed by atoms with E-state index < -0.39 is 0 Å². The molecule has 2 aliphatic heterocycles. The molecule has 0 bridgehead atoms. The van der Waals surface area contributed by atoms with Gasteiger partial charge in [-0.1, -0.05) is 0 Å². The molecule has 4 rings (SSSR count). The first-order valence-corrected chi connectivity index (χ1v) is 6.94. The Hall–Kier alpha value is -2.24. The monoisotopic (exact) mass is 268 g/mol. The van der Waals surface area contributed by atoms with Crippen LogP contribution >= 0.6 is 0 Å². The van der Waals surface area contributed by atoms with E-state index in [1.807, 2.05) is 12.1 Å². The third-order valence-corrected chi connectivity index (χ3v) is 4.33. The molecule has 20 heavy (non-hydrogen) atoms. The minimum Gasteiger partial charge on any atom is -0.338 e. The van der Waals surface area contributed by atoms with Gasteiger partial charge in [0.15, 0.2) is 0 Å². The zero-order valence-electron chi connectivity index (χ0n) is 11.2. The second kappa shape index (κ2) is 4.40. The minimum atomic E-state index is 0.167. The molecule has 0 N–H and O–H groups in total. The maximum atomic E-state index is 4.38. The summed E-state index contributed by atoms with van der Waals surface area (Å²) >= 11 is 0. The van der Waals surface area contributed by atoms with Crippen molar-refractivity contribution in [2.75, 3.05) is 29.4 Å². The average Bonchev–Trinajstić information content (AvgIpc) is 2.96. The molecule has 6 nitrogen and oxygen atoms in total. The van der Waals surface area contributed by atoms with Gasteiger partial charge < -0.3 is 9.80 Å². The van der Waals surface area contributed by atoms with Gasteiger partial charge in [-0.3, -0.25) is 0 Å². The molecule has 0 aliphatic carbocycles. The molecule has 0 aromatic carbocycles. The van der Waals surface area contributed by atoms with Gasteiger partial charge in [-0.25, -0.2) is 19.9 Å². The summed E-state index contributed by atoms with van der Waals surface area (Å²) in [6.07, 6.45) is 9.51. The summed E-state index contributed by atoms with van der Waals surface area (Å²) in [5.41, 5.74) is 0.167. The highest BCUT2D eigenvalue weighted by molar-refractivity contribution is 5.46. The maximum Gasteiger partial charge on any atom is 0.225 e. The highest BCUT2D eigenvalue weighted by atomic mass is 15.4. The van der Waals surface area contributed by atoms with Crippen LogP contribution in [-0.4, -0.2) is 45.1 Å². The largest absolute Gasteiger partial charge is 0.338 e. The average molecular weight is 268 g/mol. The standard InChI is InChI=1S/C14H16N6/c1-5-15-12(16-6-1)19-9-3-14(11-19)4-10-20(14)13-17-7-2-8-18-13/h1-2,5-8H,3-4,9-11H2/t14-/m1/s1. The molecule has 0 radical (unpaired) electrons. The third kappa shape index (κ3) is 1.71. The predicted molar refractivity (Wildman–Crippen MR) is 75.6 cm³/mol. The zero-order chi connectivity index (χ0) is 13.4. The van der Waals surface area contributed by atoms with Crippen molar-refractivity contribution in [1.82, 2.24) is 19.9 Å². The molecule has 6 heteroatoms. The van der Waals surface area contributed by atoms with Gasteiger partial charge >= 0.3 is 0 Å². The topological polar surface area (TPSA) is 58.0 Å². The van der Waals surface area contributed by atoms with Crippen molar-refractivity contribution in [3.8, 4) is 0 Å². The smallest absolute Gasteiger partial charge is 0.225 e. The second-order valence-corrected chi connectivity index (χ2v) is 5.40. The van der Waals surface area contributed by atoms with Crippen LogP contribution in [0.5, 0.6) is 0 Å². The van der Waals surface area contributed by atoms with Crippen LogP contribution in [0.2, 0.25) is 0 Å². The van der Waals surface area contributed by atoms with E-state index in [1.165, 1.54) is 6.42 Å². The summed E-state index contributed by atoms with van der Waals surface area (Å²) in [7, 11) is 0. The lowest BCUT2D eigenvalue weighted by Crippen LogP contribution is -2.62. The molecule has 1 atom stereocenters. The van der Waals surface area contributed by atoms with Gasteiger partial charge in [0, 0.05) is 44.4 Å². The zero-order valence-corrected chi connectivity index (χ0v) is 11.2. The van der Waals surface area contributed by atoms with Crippen molar-refractivity contribution < 1.29 is 0 Å². The quantitative estimate of drug-likeness (QED) is 0.813. The van der Waals surface area contributed by atoms with E-state index in [0.717, 1.165) is 38.0 Å². The van der Waals surface area contributed by atoms with E-state index in [-0.39, 0.29) is 5.54 Å². The first-order chi connectivity index (χ1) is 9.87. The van der Waals surface area contributed by atoms with Gasteiger partial charge in [0.05, 0.1) is 5.54 Å². The Labute approximate surface area is 117 Å². The highest BCUT2D eigenvalue weighted by Gasteiger charge is 2.50. The number of nitrogens with zero attached hydrogens (tertiary/aromatic N) is 6. The van der Waals surface area contributed by atoms with Crippen LogP contribution in [0, 0.1) is 0 Å². The van der Waals surface area contributed by atoms with Crippen molar-refractivity contribution >= 4 is 11.9 Å². The molecule has 2 aromatic rings. The van der Waals surface area contributed by atoms with Gasteiger partial charge in [0.25, 0.3) is 0 Å². The lowest BCUT2D eigenvalue weighted by atomic mass is 9.84. The number of anilines is 2. The van der Waals surface area contributed by atoms with Crippen LogP contribution < -0.4 is 9.80 Å². The summed E-state index contributed by atoms with van der Waals surface area (Å²) in [5, 5.41) is 0. The van der Waals surface area contributed by atoms with E-state index in [2.05, 4.69) is 29.7 Å². The molecule has 2 saturated heterocycles. The van der Waals surface area contributed by atoms with Crippen molar-refractivity contribution in [2.45, 2.75) is 18.4 Å². The number of aromatic nitrogens is 4. The fourth-order valence-corrected chi connectivity index (χ4v) is 3.19. The summed E-state index contributed by atoms with van der Waals surface area (Å²) in [6, 6.07) is 3.71. The molecule has 2 fully saturated rings. The van der Waals surface area contributed by atoms with Gasteiger partial charge in [-0.15, -0.1) is 0 Å². The van der Waals surface area contributed by atoms with Crippen LogP contribution in [0.3, 0.4) is 0 Å². The molecule has 2 aliphatic rings. The van der Waals surface area contributed by atoms with Gasteiger partial charge in [-0.05, 0) is 25.0 Å². The van der Waals surface area contributed by atoms with Gasteiger partial charge in [0.1, 0.15) is 0 Å². The van der Waals surface area contributed by atoms with Crippen molar-refractivity contribution in [1.29, 1.82) is 0 Å². The van der Waals surface area contributed by atoms with E-state index in [9.17, 15) is 0 Å². The van der Waals surface area contributed by atoms with E-state index in [0.29, 0.717) is 0 Å².